The van der Waals surface area contributed by atoms with Gasteiger partial charge in [-0.05, 0) is 18.9 Å². The minimum atomic E-state index is -0.569. The predicted molar refractivity (Wildman–Crippen MR) is 74.4 cm³/mol. The smallest absolute Gasteiger partial charge is 0.123 e. The number of phenolic OH excluding ortho intramolecular Hbond substituents is 1. The monoisotopic (exact) mass is 265 g/mol. The van der Waals surface area contributed by atoms with Crippen LogP contribution in [0, 0.1) is 0 Å². The summed E-state index contributed by atoms with van der Waals surface area (Å²) in [6.45, 7) is 1.14. The van der Waals surface area contributed by atoms with Crippen LogP contribution in [-0.4, -0.2) is 29.5 Å². The number of aromatic hydroxyl groups is 1. The SMILES string of the molecule is COc1ccc(CNCC2(O)CCCCC2)c(O)c1. The van der Waals surface area contributed by atoms with Crippen LogP contribution in [0.1, 0.15) is 37.7 Å². The van der Waals surface area contributed by atoms with Crippen molar-refractivity contribution in [3.8, 4) is 11.5 Å². The molecule has 0 amide bonds. The molecule has 1 aliphatic rings. The standard InChI is InChI=1S/C15H23NO3/c1-19-13-6-5-12(14(17)9-13)10-16-11-15(18)7-3-2-4-8-15/h5-6,9,16-18H,2-4,7-8,10-11H2,1H3. The molecule has 106 valence electrons. The number of hydrogen-bond donors (Lipinski definition) is 3. The maximum Gasteiger partial charge on any atom is 0.123 e. The number of aliphatic hydroxyl groups is 1. The van der Waals surface area contributed by atoms with Crippen molar-refractivity contribution in [3.05, 3.63) is 23.8 Å². The fraction of sp³-hybridized carbons (Fsp3) is 0.600. The molecular formula is C15H23NO3. The molecule has 0 aliphatic heterocycles. The van der Waals surface area contributed by atoms with Crippen LogP contribution in [0.4, 0.5) is 0 Å². The van der Waals surface area contributed by atoms with E-state index in [1.165, 1.54) is 6.42 Å². The molecule has 0 radical (unpaired) electrons. The maximum atomic E-state index is 10.4. The molecule has 0 aromatic heterocycles. The minimum Gasteiger partial charge on any atom is -0.507 e. The first kappa shape index (κ1) is 14.2. The molecule has 1 aromatic rings. The Bertz CT molecular complexity index is 414. The number of phenols is 1. The van der Waals surface area contributed by atoms with Gasteiger partial charge in [0.15, 0.2) is 0 Å². The third-order valence-electron chi connectivity index (χ3n) is 3.85. The molecule has 3 N–H and O–H groups in total. The number of rotatable bonds is 5. The summed E-state index contributed by atoms with van der Waals surface area (Å²) in [5, 5.41) is 23.4. The summed E-state index contributed by atoms with van der Waals surface area (Å²) in [4.78, 5) is 0. The van der Waals surface area contributed by atoms with Crippen LogP contribution < -0.4 is 10.1 Å². The second kappa shape index (κ2) is 6.26. The van der Waals surface area contributed by atoms with Gasteiger partial charge in [-0.3, -0.25) is 0 Å². The molecule has 1 saturated carbocycles. The number of methoxy groups -OCH3 is 1. The highest BCUT2D eigenvalue weighted by atomic mass is 16.5. The average Bonchev–Trinajstić information content (AvgIpc) is 2.41. The maximum absolute atomic E-state index is 10.4. The Hall–Kier alpha value is -1.26. The highest BCUT2D eigenvalue weighted by Crippen LogP contribution is 2.28. The van der Waals surface area contributed by atoms with Gasteiger partial charge < -0.3 is 20.3 Å². The van der Waals surface area contributed by atoms with Crippen molar-refractivity contribution in [2.24, 2.45) is 0 Å². The van der Waals surface area contributed by atoms with E-state index < -0.39 is 5.60 Å². The first-order valence-electron chi connectivity index (χ1n) is 6.92. The lowest BCUT2D eigenvalue weighted by Crippen LogP contribution is -2.41. The molecule has 19 heavy (non-hydrogen) atoms. The fourth-order valence-corrected chi connectivity index (χ4v) is 2.64. The summed E-state index contributed by atoms with van der Waals surface area (Å²) in [5.41, 5.74) is 0.251. The molecule has 4 nitrogen and oxygen atoms in total. The van der Waals surface area contributed by atoms with Crippen LogP contribution >= 0.6 is 0 Å². The molecule has 0 spiro atoms. The third kappa shape index (κ3) is 3.85. The van der Waals surface area contributed by atoms with Crippen molar-refractivity contribution in [1.82, 2.24) is 5.32 Å². The molecule has 1 aliphatic carbocycles. The Morgan fingerprint density at radius 3 is 2.63 bits per heavy atom. The second-order valence-electron chi connectivity index (χ2n) is 5.38. The third-order valence-corrected chi connectivity index (χ3v) is 3.85. The number of hydrogen-bond acceptors (Lipinski definition) is 4. The Kier molecular flexibility index (Phi) is 4.66. The molecule has 0 heterocycles. The van der Waals surface area contributed by atoms with Gasteiger partial charge in [0.05, 0.1) is 12.7 Å². The lowest BCUT2D eigenvalue weighted by molar-refractivity contribution is 0.00463. The van der Waals surface area contributed by atoms with Crippen molar-refractivity contribution < 1.29 is 14.9 Å². The number of benzene rings is 1. The van der Waals surface area contributed by atoms with E-state index in [0.29, 0.717) is 18.8 Å². The van der Waals surface area contributed by atoms with Gasteiger partial charge in [0, 0.05) is 24.7 Å². The molecule has 2 rings (SSSR count). The van der Waals surface area contributed by atoms with E-state index in [4.69, 9.17) is 4.74 Å². The van der Waals surface area contributed by atoms with Crippen molar-refractivity contribution >= 4 is 0 Å². The second-order valence-corrected chi connectivity index (χ2v) is 5.38. The van der Waals surface area contributed by atoms with Crippen molar-refractivity contribution in [3.63, 3.8) is 0 Å². The minimum absolute atomic E-state index is 0.225. The average molecular weight is 265 g/mol. The van der Waals surface area contributed by atoms with Gasteiger partial charge in [-0.1, -0.05) is 25.3 Å². The van der Waals surface area contributed by atoms with Gasteiger partial charge in [-0.15, -0.1) is 0 Å². The summed E-state index contributed by atoms with van der Waals surface area (Å²) >= 11 is 0. The van der Waals surface area contributed by atoms with E-state index in [1.54, 1.807) is 13.2 Å². The zero-order valence-corrected chi connectivity index (χ0v) is 11.5. The van der Waals surface area contributed by atoms with E-state index in [2.05, 4.69) is 5.32 Å². The van der Waals surface area contributed by atoms with Gasteiger partial charge >= 0.3 is 0 Å². The summed E-state index contributed by atoms with van der Waals surface area (Å²) in [5.74, 6) is 0.870. The molecule has 0 atom stereocenters. The number of nitrogens with one attached hydrogen (secondary N) is 1. The van der Waals surface area contributed by atoms with Gasteiger partial charge in [-0.25, -0.2) is 0 Å². The van der Waals surface area contributed by atoms with Crippen LogP contribution in [0.3, 0.4) is 0 Å². The molecule has 0 saturated heterocycles. The summed E-state index contributed by atoms with van der Waals surface area (Å²) < 4.78 is 5.05. The highest BCUT2D eigenvalue weighted by molar-refractivity contribution is 5.39. The van der Waals surface area contributed by atoms with Gasteiger partial charge in [0.25, 0.3) is 0 Å². The van der Waals surface area contributed by atoms with Crippen LogP contribution in [0.2, 0.25) is 0 Å². The van der Waals surface area contributed by atoms with E-state index in [9.17, 15) is 10.2 Å². The fourth-order valence-electron chi connectivity index (χ4n) is 2.64. The van der Waals surface area contributed by atoms with Crippen LogP contribution in [0.25, 0.3) is 0 Å². The van der Waals surface area contributed by atoms with E-state index in [0.717, 1.165) is 31.2 Å². The van der Waals surface area contributed by atoms with Gasteiger partial charge in [0.2, 0.25) is 0 Å². The molecular weight excluding hydrogens is 242 g/mol. The number of ether oxygens (including phenoxy) is 1. The van der Waals surface area contributed by atoms with E-state index in [1.807, 2.05) is 12.1 Å². The quantitative estimate of drug-likeness (QED) is 0.763. The first-order chi connectivity index (χ1) is 9.13. The molecule has 1 aromatic carbocycles. The predicted octanol–water partition coefficient (Wildman–Crippen LogP) is 2.19. The van der Waals surface area contributed by atoms with Crippen LogP contribution in [-0.2, 0) is 6.54 Å². The summed E-state index contributed by atoms with van der Waals surface area (Å²) in [6.07, 6.45) is 5.17. The van der Waals surface area contributed by atoms with Crippen molar-refractivity contribution in [2.75, 3.05) is 13.7 Å². The Morgan fingerprint density at radius 1 is 1.26 bits per heavy atom. The van der Waals surface area contributed by atoms with E-state index in [-0.39, 0.29) is 5.75 Å². The lowest BCUT2D eigenvalue weighted by atomic mass is 9.85. The van der Waals surface area contributed by atoms with Gasteiger partial charge in [-0.2, -0.15) is 0 Å². The van der Waals surface area contributed by atoms with Crippen molar-refractivity contribution in [2.45, 2.75) is 44.2 Å². The summed E-state index contributed by atoms with van der Waals surface area (Å²) in [7, 11) is 1.57. The van der Waals surface area contributed by atoms with Gasteiger partial charge in [0.1, 0.15) is 11.5 Å². The Morgan fingerprint density at radius 2 is 2.00 bits per heavy atom. The largest absolute Gasteiger partial charge is 0.507 e. The zero-order chi connectivity index (χ0) is 13.7. The van der Waals surface area contributed by atoms with Crippen LogP contribution in [0.5, 0.6) is 11.5 Å². The van der Waals surface area contributed by atoms with Crippen molar-refractivity contribution in [1.29, 1.82) is 0 Å². The molecule has 0 bridgehead atoms. The van der Waals surface area contributed by atoms with Crippen LogP contribution in [0.15, 0.2) is 18.2 Å². The molecule has 0 unspecified atom stereocenters. The topological polar surface area (TPSA) is 61.7 Å². The zero-order valence-electron chi connectivity index (χ0n) is 11.5. The van der Waals surface area contributed by atoms with E-state index >= 15 is 0 Å². The first-order valence-corrected chi connectivity index (χ1v) is 6.92. The lowest BCUT2D eigenvalue weighted by Gasteiger charge is -2.32. The normalized spacial score (nSPS) is 18.2. The molecule has 1 fully saturated rings. The molecule has 4 heteroatoms. The summed E-state index contributed by atoms with van der Waals surface area (Å²) in [6, 6.07) is 5.27. The Balaban J connectivity index is 1.85. The Labute approximate surface area is 114 Å². The highest BCUT2D eigenvalue weighted by Gasteiger charge is 2.28.